The number of nitrogens with zero attached hydrogens (tertiary/aromatic N) is 1. The fourth-order valence-corrected chi connectivity index (χ4v) is 2.22. The Bertz CT molecular complexity index is 478. The minimum Gasteiger partial charge on any atom is -0.482 e. The van der Waals surface area contributed by atoms with Crippen molar-refractivity contribution >= 4 is 11.6 Å². The maximum Gasteiger partial charge on any atom is 0.264 e. The molecule has 0 saturated heterocycles. The number of carbonyl (C=O) groups excluding carboxylic acids is 1. The molecule has 19 heavy (non-hydrogen) atoms. The van der Waals surface area contributed by atoms with Crippen molar-refractivity contribution < 1.29 is 9.53 Å². The van der Waals surface area contributed by atoms with Gasteiger partial charge in [-0.15, -0.1) is 0 Å². The maximum absolute atomic E-state index is 11.6. The second-order valence-electron chi connectivity index (χ2n) is 5.89. The third kappa shape index (κ3) is 3.47. The standard InChI is InChI=1S/C15H22N2O2/c1-15(2,16)8-4-5-11-6-7-13-12(9-11)17(3)14(18)10-19-13/h6-7,9H,4-5,8,10,16H2,1-3H3. The molecule has 0 saturated carbocycles. The number of anilines is 1. The second kappa shape index (κ2) is 5.21. The first-order valence-electron chi connectivity index (χ1n) is 6.68. The third-order valence-electron chi connectivity index (χ3n) is 3.40. The van der Waals surface area contributed by atoms with Gasteiger partial charge in [0.15, 0.2) is 6.61 Å². The molecule has 0 spiro atoms. The van der Waals surface area contributed by atoms with Gasteiger partial charge in [-0.1, -0.05) is 6.07 Å². The number of hydrogen-bond donors (Lipinski definition) is 1. The number of ether oxygens (including phenoxy) is 1. The van der Waals surface area contributed by atoms with Crippen molar-refractivity contribution in [2.75, 3.05) is 18.6 Å². The van der Waals surface area contributed by atoms with Crippen LogP contribution in [0.4, 0.5) is 5.69 Å². The zero-order chi connectivity index (χ0) is 14.0. The van der Waals surface area contributed by atoms with Crippen LogP contribution in [0, 0.1) is 0 Å². The fourth-order valence-electron chi connectivity index (χ4n) is 2.22. The topological polar surface area (TPSA) is 55.6 Å². The zero-order valence-corrected chi connectivity index (χ0v) is 11.9. The molecular weight excluding hydrogens is 240 g/mol. The van der Waals surface area contributed by atoms with Crippen molar-refractivity contribution in [2.24, 2.45) is 5.73 Å². The molecule has 1 aromatic carbocycles. The van der Waals surface area contributed by atoms with Crippen molar-refractivity contribution in [1.82, 2.24) is 0 Å². The van der Waals surface area contributed by atoms with E-state index in [1.54, 1.807) is 11.9 Å². The molecule has 0 bridgehead atoms. The van der Waals surface area contributed by atoms with Gasteiger partial charge in [0.05, 0.1) is 5.69 Å². The van der Waals surface area contributed by atoms with Crippen LogP contribution in [-0.2, 0) is 11.2 Å². The molecule has 0 aliphatic carbocycles. The molecule has 1 aromatic rings. The average molecular weight is 262 g/mol. The van der Waals surface area contributed by atoms with Crippen LogP contribution >= 0.6 is 0 Å². The van der Waals surface area contributed by atoms with Crippen LogP contribution in [0.15, 0.2) is 18.2 Å². The highest BCUT2D eigenvalue weighted by Crippen LogP contribution is 2.32. The van der Waals surface area contributed by atoms with Crippen molar-refractivity contribution in [3.05, 3.63) is 23.8 Å². The number of likely N-dealkylation sites (N-methyl/N-ethyl adjacent to an activating group) is 1. The number of fused-ring (bicyclic) bond motifs is 1. The van der Waals surface area contributed by atoms with E-state index < -0.39 is 0 Å². The van der Waals surface area contributed by atoms with E-state index in [2.05, 4.69) is 6.07 Å². The molecule has 1 aliphatic rings. The van der Waals surface area contributed by atoms with Crippen molar-refractivity contribution in [3.63, 3.8) is 0 Å². The number of amides is 1. The molecule has 0 aromatic heterocycles. The molecule has 1 aliphatic heterocycles. The first-order valence-corrected chi connectivity index (χ1v) is 6.68. The summed E-state index contributed by atoms with van der Waals surface area (Å²) in [6, 6.07) is 6.04. The summed E-state index contributed by atoms with van der Waals surface area (Å²) < 4.78 is 5.41. The van der Waals surface area contributed by atoms with Crippen LogP contribution in [0.25, 0.3) is 0 Å². The van der Waals surface area contributed by atoms with Gasteiger partial charge in [-0.05, 0) is 50.8 Å². The first kappa shape index (κ1) is 13.9. The van der Waals surface area contributed by atoms with Gasteiger partial charge >= 0.3 is 0 Å². The summed E-state index contributed by atoms with van der Waals surface area (Å²) in [5.41, 5.74) is 7.93. The summed E-state index contributed by atoms with van der Waals surface area (Å²) in [5.74, 6) is 0.776. The lowest BCUT2D eigenvalue weighted by molar-refractivity contribution is -0.120. The Hall–Kier alpha value is -1.55. The molecule has 1 amide bonds. The first-order chi connectivity index (χ1) is 8.87. The van der Waals surface area contributed by atoms with E-state index >= 15 is 0 Å². The Kier molecular flexibility index (Phi) is 3.80. The summed E-state index contributed by atoms with van der Waals surface area (Å²) >= 11 is 0. The van der Waals surface area contributed by atoms with E-state index in [9.17, 15) is 4.79 Å². The normalized spacial score (nSPS) is 15.2. The maximum atomic E-state index is 11.6. The lowest BCUT2D eigenvalue weighted by atomic mass is 9.96. The van der Waals surface area contributed by atoms with Gasteiger partial charge in [0, 0.05) is 12.6 Å². The summed E-state index contributed by atoms with van der Waals surface area (Å²) in [4.78, 5) is 13.3. The van der Waals surface area contributed by atoms with Crippen molar-refractivity contribution in [1.29, 1.82) is 0 Å². The second-order valence-corrected chi connectivity index (χ2v) is 5.89. The molecule has 1 heterocycles. The predicted molar refractivity (Wildman–Crippen MR) is 76.6 cm³/mol. The minimum absolute atomic E-state index is 0.00672. The number of rotatable bonds is 4. The summed E-state index contributed by atoms with van der Waals surface area (Å²) in [6.45, 7) is 4.21. The van der Waals surface area contributed by atoms with E-state index in [-0.39, 0.29) is 18.1 Å². The number of benzene rings is 1. The van der Waals surface area contributed by atoms with Gasteiger partial charge < -0.3 is 15.4 Å². The molecular formula is C15H22N2O2. The van der Waals surface area contributed by atoms with E-state index in [0.29, 0.717) is 0 Å². The smallest absolute Gasteiger partial charge is 0.264 e. The largest absolute Gasteiger partial charge is 0.482 e. The van der Waals surface area contributed by atoms with Crippen molar-refractivity contribution in [3.8, 4) is 5.75 Å². The molecule has 2 N–H and O–H groups in total. The molecule has 0 atom stereocenters. The Labute approximate surface area is 114 Å². The molecule has 0 fully saturated rings. The highest BCUT2D eigenvalue weighted by atomic mass is 16.5. The SMILES string of the molecule is CN1C(=O)COc2ccc(CCCC(C)(C)N)cc21. The zero-order valence-electron chi connectivity index (χ0n) is 11.9. The summed E-state index contributed by atoms with van der Waals surface area (Å²) in [6.07, 6.45) is 2.99. The van der Waals surface area contributed by atoms with Crippen molar-refractivity contribution in [2.45, 2.75) is 38.6 Å². The van der Waals surface area contributed by atoms with Gasteiger partial charge in [0.1, 0.15) is 5.75 Å². The monoisotopic (exact) mass is 262 g/mol. The number of carbonyl (C=O) groups is 1. The van der Waals surface area contributed by atoms with Gasteiger partial charge in [0.2, 0.25) is 0 Å². The molecule has 2 rings (SSSR count). The van der Waals surface area contributed by atoms with Crippen LogP contribution in [0.3, 0.4) is 0 Å². The lowest BCUT2D eigenvalue weighted by Crippen LogP contribution is -2.35. The molecule has 104 valence electrons. The highest BCUT2D eigenvalue weighted by Gasteiger charge is 2.22. The van der Waals surface area contributed by atoms with Crippen LogP contribution < -0.4 is 15.4 Å². The Morgan fingerprint density at radius 1 is 1.42 bits per heavy atom. The molecule has 0 radical (unpaired) electrons. The predicted octanol–water partition coefficient (Wildman–Crippen LogP) is 2.10. The third-order valence-corrected chi connectivity index (χ3v) is 3.40. The molecule has 0 unspecified atom stereocenters. The molecule has 4 heteroatoms. The minimum atomic E-state index is -0.121. The van der Waals surface area contributed by atoms with Crippen LogP contribution in [0.1, 0.15) is 32.3 Å². The highest BCUT2D eigenvalue weighted by molar-refractivity contribution is 5.97. The number of nitrogens with two attached hydrogens (primary N) is 1. The Morgan fingerprint density at radius 2 is 2.16 bits per heavy atom. The van der Waals surface area contributed by atoms with E-state index in [1.807, 2.05) is 26.0 Å². The van der Waals surface area contributed by atoms with Crippen LogP contribution in [0.2, 0.25) is 0 Å². The van der Waals surface area contributed by atoms with E-state index in [0.717, 1.165) is 30.7 Å². The van der Waals surface area contributed by atoms with Gasteiger partial charge in [0.25, 0.3) is 5.91 Å². The van der Waals surface area contributed by atoms with Crippen LogP contribution in [-0.4, -0.2) is 25.1 Å². The van der Waals surface area contributed by atoms with Gasteiger partial charge in [-0.3, -0.25) is 4.79 Å². The van der Waals surface area contributed by atoms with Crippen LogP contribution in [0.5, 0.6) is 5.75 Å². The van der Waals surface area contributed by atoms with E-state index in [1.165, 1.54) is 5.56 Å². The number of aryl methyl sites for hydroxylation is 1. The quantitative estimate of drug-likeness (QED) is 0.904. The fraction of sp³-hybridized carbons (Fsp3) is 0.533. The summed E-state index contributed by atoms with van der Waals surface area (Å²) in [7, 11) is 1.79. The van der Waals surface area contributed by atoms with E-state index in [4.69, 9.17) is 10.5 Å². The summed E-state index contributed by atoms with van der Waals surface area (Å²) in [5, 5.41) is 0. The molecule has 4 nitrogen and oxygen atoms in total. The average Bonchev–Trinajstić information content (AvgIpc) is 2.33. The van der Waals surface area contributed by atoms with Gasteiger partial charge in [-0.25, -0.2) is 0 Å². The Balaban J connectivity index is 2.06. The Morgan fingerprint density at radius 3 is 2.84 bits per heavy atom. The van der Waals surface area contributed by atoms with Gasteiger partial charge in [-0.2, -0.15) is 0 Å². The number of hydrogen-bond acceptors (Lipinski definition) is 3. The lowest BCUT2D eigenvalue weighted by Gasteiger charge is -2.26.